The van der Waals surface area contributed by atoms with Gasteiger partial charge in [-0.1, -0.05) is 12.1 Å². The summed E-state index contributed by atoms with van der Waals surface area (Å²) in [4.78, 5) is 12.2. The van der Waals surface area contributed by atoms with E-state index in [-0.39, 0.29) is 17.6 Å². The van der Waals surface area contributed by atoms with Crippen molar-refractivity contribution in [3.8, 4) is 0 Å². The highest BCUT2D eigenvalue weighted by molar-refractivity contribution is 9.10. The third-order valence-electron chi connectivity index (χ3n) is 2.73. The fraction of sp³-hybridized carbons (Fsp3) is 0.214. The summed E-state index contributed by atoms with van der Waals surface area (Å²) in [5.41, 5.74) is 0.672. The van der Waals surface area contributed by atoms with Crippen molar-refractivity contribution in [3.05, 3.63) is 52.5 Å². The molecular formula is C14H14BrFN2O. The van der Waals surface area contributed by atoms with Crippen molar-refractivity contribution in [1.82, 2.24) is 4.57 Å². The maximum atomic E-state index is 13.5. The number of carbonyl (C=O) groups is 1. The molecule has 0 aliphatic carbocycles. The van der Waals surface area contributed by atoms with E-state index in [9.17, 15) is 9.18 Å². The van der Waals surface area contributed by atoms with Crippen LogP contribution < -0.4 is 5.32 Å². The standard InChI is InChI=1S/C14H14BrFN2O/c1-9(2)18-8-10(15)7-13(18)14(19)17-12-6-4-3-5-11(12)16/h3-9H,1-2H3,(H,17,19). The number of rotatable bonds is 3. The van der Waals surface area contributed by atoms with Crippen molar-refractivity contribution < 1.29 is 9.18 Å². The molecule has 1 N–H and O–H groups in total. The van der Waals surface area contributed by atoms with E-state index in [1.54, 1.807) is 18.2 Å². The molecule has 0 spiro atoms. The number of halogens is 2. The fourth-order valence-corrected chi connectivity index (χ4v) is 2.24. The molecule has 0 aliphatic rings. The average Bonchev–Trinajstić information content (AvgIpc) is 2.74. The van der Waals surface area contributed by atoms with Crippen molar-refractivity contribution >= 4 is 27.5 Å². The second-order valence-electron chi connectivity index (χ2n) is 4.48. The van der Waals surface area contributed by atoms with E-state index < -0.39 is 5.82 Å². The summed E-state index contributed by atoms with van der Waals surface area (Å²) in [6, 6.07) is 7.97. The Balaban J connectivity index is 2.28. The Labute approximate surface area is 119 Å². The second-order valence-corrected chi connectivity index (χ2v) is 5.39. The van der Waals surface area contributed by atoms with Crippen LogP contribution in [0.5, 0.6) is 0 Å². The van der Waals surface area contributed by atoms with Crippen LogP contribution in [-0.2, 0) is 0 Å². The SMILES string of the molecule is CC(C)n1cc(Br)cc1C(=O)Nc1ccccc1F. The molecule has 0 atom stereocenters. The number of anilines is 1. The van der Waals surface area contributed by atoms with Gasteiger partial charge >= 0.3 is 0 Å². The van der Waals surface area contributed by atoms with Gasteiger partial charge in [-0.3, -0.25) is 4.79 Å². The van der Waals surface area contributed by atoms with Crippen LogP contribution >= 0.6 is 15.9 Å². The summed E-state index contributed by atoms with van der Waals surface area (Å²) in [5, 5.41) is 2.58. The number of carbonyl (C=O) groups excluding carboxylic acids is 1. The largest absolute Gasteiger partial charge is 0.340 e. The molecule has 0 bridgehead atoms. The van der Waals surface area contributed by atoms with E-state index in [4.69, 9.17) is 0 Å². The molecule has 0 radical (unpaired) electrons. The number of hydrogen-bond donors (Lipinski definition) is 1. The van der Waals surface area contributed by atoms with E-state index in [0.29, 0.717) is 5.69 Å². The number of nitrogens with zero attached hydrogens (tertiary/aromatic N) is 1. The fourth-order valence-electron chi connectivity index (χ4n) is 1.80. The van der Waals surface area contributed by atoms with E-state index in [0.717, 1.165) is 4.47 Å². The first-order valence-electron chi connectivity index (χ1n) is 5.92. The van der Waals surface area contributed by atoms with Gasteiger partial charge in [0.1, 0.15) is 11.5 Å². The smallest absolute Gasteiger partial charge is 0.272 e. The minimum atomic E-state index is -0.447. The topological polar surface area (TPSA) is 34.0 Å². The minimum Gasteiger partial charge on any atom is -0.340 e. The van der Waals surface area contributed by atoms with Crippen LogP contribution in [0.15, 0.2) is 41.0 Å². The lowest BCUT2D eigenvalue weighted by Gasteiger charge is -2.13. The van der Waals surface area contributed by atoms with Gasteiger partial charge in [-0.05, 0) is 48.0 Å². The van der Waals surface area contributed by atoms with Crippen molar-refractivity contribution in [2.45, 2.75) is 19.9 Å². The van der Waals surface area contributed by atoms with Gasteiger partial charge in [-0.2, -0.15) is 0 Å². The Morgan fingerprint density at radius 1 is 1.37 bits per heavy atom. The highest BCUT2D eigenvalue weighted by Crippen LogP contribution is 2.21. The zero-order chi connectivity index (χ0) is 14.0. The van der Waals surface area contributed by atoms with Gasteiger partial charge in [0.2, 0.25) is 0 Å². The molecule has 5 heteroatoms. The number of aromatic nitrogens is 1. The summed E-state index contributed by atoms with van der Waals surface area (Å²) >= 11 is 3.34. The first-order valence-corrected chi connectivity index (χ1v) is 6.71. The molecule has 2 rings (SSSR count). The summed E-state index contributed by atoms with van der Waals surface area (Å²) in [7, 11) is 0. The van der Waals surface area contributed by atoms with Gasteiger partial charge in [0.15, 0.2) is 0 Å². The van der Waals surface area contributed by atoms with Crippen molar-refractivity contribution in [2.24, 2.45) is 0 Å². The first-order chi connectivity index (χ1) is 8.99. The van der Waals surface area contributed by atoms with Gasteiger partial charge in [0.05, 0.1) is 5.69 Å². The zero-order valence-electron chi connectivity index (χ0n) is 10.7. The van der Waals surface area contributed by atoms with Crippen molar-refractivity contribution in [1.29, 1.82) is 0 Å². The molecule has 2 aromatic rings. The van der Waals surface area contributed by atoms with Gasteiger partial charge in [0, 0.05) is 16.7 Å². The predicted octanol–water partition coefficient (Wildman–Crippen LogP) is 4.22. The Hall–Kier alpha value is -1.62. The lowest BCUT2D eigenvalue weighted by Crippen LogP contribution is -2.18. The molecule has 1 aromatic carbocycles. The average molecular weight is 325 g/mol. The molecule has 0 unspecified atom stereocenters. The van der Waals surface area contributed by atoms with Gasteiger partial charge in [-0.15, -0.1) is 0 Å². The number of benzene rings is 1. The summed E-state index contributed by atoms with van der Waals surface area (Å²) in [6.07, 6.45) is 1.83. The molecule has 100 valence electrons. The Morgan fingerprint density at radius 3 is 2.68 bits per heavy atom. The molecule has 0 saturated heterocycles. The highest BCUT2D eigenvalue weighted by atomic mass is 79.9. The summed E-state index contributed by atoms with van der Waals surface area (Å²) in [6.45, 7) is 3.96. The lowest BCUT2D eigenvalue weighted by molar-refractivity contribution is 0.101. The Bertz CT molecular complexity index is 607. The summed E-state index contributed by atoms with van der Waals surface area (Å²) in [5.74, 6) is -0.776. The maximum absolute atomic E-state index is 13.5. The predicted molar refractivity (Wildman–Crippen MR) is 76.9 cm³/mol. The van der Waals surface area contributed by atoms with Crippen LogP contribution in [0, 0.1) is 5.82 Å². The highest BCUT2D eigenvalue weighted by Gasteiger charge is 2.16. The number of nitrogens with one attached hydrogen (secondary N) is 1. The Morgan fingerprint density at radius 2 is 2.05 bits per heavy atom. The van der Waals surface area contributed by atoms with E-state index in [2.05, 4.69) is 21.2 Å². The number of hydrogen-bond acceptors (Lipinski definition) is 1. The Kier molecular flexibility index (Phi) is 4.04. The van der Waals surface area contributed by atoms with E-state index in [1.165, 1.54) is 12.1 Å². The van der Waals surface area contributed by atoms with Crippen LogP contribution in [-0.4, -0.2) is 10.5 Å². The summed E-state index contributed by atoms with van der Waals surface area (Å²) < 4.78 is 16.2. The third-order valence-corrected chi connectivity index (χ3v) is 3.16. The number of amides is 1. The normalized spacial score (nSPS) is 10.8. The zero-order valence-corrected chi connectivity index (χ0v) is 12.2. The molecule has 1 amide bonds. The third kappa shape index (κ3) is 3.04. The van der Waals surface area contributed by atoms with E-state index >= 15 is 0 Å². The molecule has 1 aromatic heterocycles. The van der Waals surface area contributed by atoms with Gasteiger partial charge in [0.25, 0.3) is 5.91 Å². The molecule has 0 saturated carbocycles. The second kappa shape index (κ2) is 5.57. The minimum absolute atomic E-state index is 0.146. The molecule has 0 fully saturated rings. The van der Waals surface area contributed by atoms with Gasteiger partial charge < -0.3 is 9.88 Å². The molecule has 1 heterocycles. The first kappa shape index (κ1) is 13.8. The van der Waals surface area contributed by atoms with Gasteiger partial charge in [-0.25, -0.2) is 4.39 Å². The molecular weight excluding hydrogens is 311 g/mol. The van der Waals surface area contributed by atoms with Crippen LogP contribution in [0.4, 0.5) is 10.1 Å². The number of para-hydroxylation sites is 1. The van der Waals surface area contributed by atoms with Crippen LogP contribution in [0.25, 0.3) is 0 Å². The van der Waals surface area contributed by atoms with Crippen LogP contribution in [0.3, 0.4) is 0 Å². The maximum Gasteiger partial charge on any atom is 0.272 e. The van der Waals surface area contributed by atoms with Crippen LogP contribution in [0.2, 0.25) is 0 Å². The molecule has 19 heavy (non-hydrogen) atoms. The lowest BCUT2D eigenvalue weighted by atomic mass is 10.3. The van der Waals surface area contributed by atoms with Crippen LogP contribution in [0.1, 0.15) is 30.4 Å². The monoisotopic (exact) mass is 324 g/mol. The van der Waals surface area contributed by atoms with Crippen molar-refractivity contribution in [2.75, 3.05) is 5.32 Å². The quantitative estimate of drug-likeness (QED) is 0.901. The van der Waals surface area contributed by atoms with Crippen molar-refractivity contribution in [3.63, 3.8) is 0 Å². The molecule has 3 nitrogen and oxygen atoms in total. The van der Waals surface area contributed by atoms with E-state index in [1.807, 2.05) is 24.6 Å². The molecule has 0 aliphatic heterocycles.